The number of benzene rings is 1. The molecule has 1 aromatic rings. The Hall–Kier alpha value is -1.75. The Kier molecular flexibility index (Phi) is 5.29. The highest BCUT2D eigenvalue weighted by Crippen LogP contribution is 2.26. The minimum absolute atomic E-state index is 0.0146. The predicted molar refractivity (Wildman–Crippen MR) is 86.2 cm³/mol. The standard InChI is InChI=1S/C17H26N2O3/c1-5-21-14-8-6-13(7-9-14)15-12-18-10-11-19(15)16(20)22-17(2,3)4/h6-9,15,18H,5,10-12H2,1-4H3. The molecule has 1 saturated heterocycles. The van der Waals surface area contributed by atoms with E-state index in [1.807, 2.05) is 52.0 Å². The second-order valence-corrected chi connectivity index (χ2v) is 6.40. The van der Waals surface area contributed by atoms with Crippen LogP contribution < -0.4 is 10.1 Å². The fourth-order valence-electron chi connectivity index (χ4n) is 2.49. The second-order valence-electron chi connectivity index (χ2n) is 6.40. The van der Waals surface area contributed by atoms with Gasteiger partial charge in [0.1, 0.15) is 11.4 Å². The number of carbonyl (C=O) groups is 1. The van der Waals surface area contributed by atoms with Crippen LogP contribution in [0.1, 0.15) is 39.3 Å². The van der Waals surface area contributed by atoms with Crippen molar-refractivity contribution in [3.8, 4) is 5.75 Å². The fourth-order valence-corrected chi connectivity index (χ4v) is 2.49. The topological polar surface area (TPSA) is 50.8 Å². The first-order valence-corrected chi connectivity index (χ1v) is 7.84. The molecule has 1 amide bonds. The molecule has 1 fully saturated rings. The lowest BCUT2D eigenvalue weighted by Gasteiger charge is -2.37. The van der Waals surface area contributed by atoms with E-state index in [1.165, 1.54) is 0 Å². The van der Waals surface area contributed by atoms with Crippen LogP contribution in [0.15, 0.2) is 24.3 Å². The number of hydrogen-bond acceptors (Lipinski definition) is 4. The predicted octanol–water partition coefficient (Wildman–Crippen LogP) is 2.97. The Morgan fingerprint density at radius 2 is 2.00 bits per heavy atom. The molecule has 2 rings (SSSR count). The van der Waals surface area contributed by atoms with Gasteiger partial charge < -0.3 is 14.8 Å². The third kappa shape index (κ3) is 4.37. The van der Waals surface area contributed by atoms with Crippen LogP contribution in [-0.2, 0) is 4.74 Å². The molecule has 1 aromatic carbocycles. The van der Waals surface area contributed by atoms with Gasteiger partial charge in [0.05, 0.1) is 12.6 Å². The van der Waals surface area contributed by atoms with Crippen LogP contribution in [0.25, 0.3) is 0 Å². The quantitative estimate of drug-likeness (QED) is 0.933. The van der Waals surface area contributed by atoms with Crippen molar-refractivity contribution in [3.63, 3.8) is 0 Å². The normalized spacial score (nSPS) is 18.9. The number of amides is 1. The van der Waals surface area contributed by atoms with Gasteiger partial charge in [-0.1, -0.05) is 12.1 Å². The van der Waals surface area contributed by atoms with Crippen LogP contribution in [0, 0.1) is 0 Å². The molecule has 1 aliphatic rings. The zero-order valence-electron chi connectivity index (χ0n) is 13.9. The SMILES string of the molecule is CCOc1ccc(C2CNCCN2C(=O)OC(C)(C)C)cc1. The molecule has 1 unspecified atom stereocenters. The zero-order chi connectivity index (χ0) is 16.2. The first-order chi connectivity index (χ1) is 10.4. The van der Waals surface area contributed by atoms with Crippen LogP contribution in [0.5, 0.6) is 5.75 Å². The summed E-state index contributed by atoms with van der Waals surface area (Å²) >= 11 is 0. The Balaban J connectivity index is 2.13. The average Bonchev–Trinajstić information content (AvgIpc) is 2.47. The Morgan fingerprint density at radius 3 is 2.59 bits per heavy atom. The molecule has 0 radical (unpaired) electrons. The molecule has 122 valence electrons. The highest BCUT2D eigenvalue weighted by atomic mass is 16.6. The minimum atomic E-state index is -0.481. The summed E-state index contributed by atoms with van der Waals surface area (Å²) in [4.78, 5) is 14.2. The monoisotopic (exact) mass is 306 g/mol. The molecule has 5 heteroatoms. The summed E-state index contributed by atoms with van der Waals surface area (Å²) < 4.78 is 11.0. The molecule has 1 aliphatic heterocycles. The lowest BCUT2D eigenvalue weighted by molar-refractivity contribution is 0.0118. The van der Waals surface area contributed by atoms with Gasteiger partial charge in [-0.3, -0.25) is 4.90 Å². The van der Waals surface area contributed by atoms with E-state index in [1.54, 1.807) is 4.90 Å². The van der Waals surface area contributed by atoms with Crippen molar-refractivity contribution < 1.29 is 14.3 Å². The fraction of sp³-hybridized carbons (Fsp3) is 0.588. The van der Waals surface area contributed by atoms with E-state index in [4.69, 9.17) is 9.47 Å². The van der Waals surface area contributed by atoms with Crippen molar-refractivity contribution in [2.24, 2.45) is 0 Å². The molecule has 0 aromatic heterocycles. The number of nitrogens with one attached hydrogen (secondary N) is 1. The summed E-state index contributed by atoms with van der Waals surface area (Å²) in [5.74, 6) is 0.846. The molecular formula is C17H26N2O3. The van der Waals surface area contributed by atoms with Crippen molar-refractivity contribution in [1.29, 1.82) is 0 Å². The maximum Gasteiger partial charge on any atom is 0.410 e. The van der Waals surface area contributed by atoms with E-state index in [0.29, 0.717) is 13.2 Å². The zero-order valence-corrected chi connectivity index (χ0v) is 13.9. The van der Waals surface area contributed by atoms with Crippen molar-refractivity contribution in [1.82, 2.24) is 10.2 Å². The molecule has 1 heterocycles. The van der Waals surface area contributed by atoms with Crippen molar-refractivity contribution in [3.05, 3.63) is 29.8 Å². The van der Waals surface area contributed by atoms with E-state index in [2.05, 4.69) is 5.32 Å². The Labute approximate surface area is 132 Å². The largest absolute Gasteiger partial charge is 0.494 e. The van der Waals surface area contributed by atoms with E-state index < -0.39 is 5.60 Å². The summed E-state index contributed by atoms with van der Waals surface area (Å²) in [5.41, 5.74) is 0.604. The Morgan fingerprint density at radius 1 is 1.32 bits per heavy atom. The minimum Gasteiger partial charge on any atom is -0.494 e. The first kappa shape index (κ1) is 16.6. The number of nitrogens with zero attached hydrogens (tertiary/aromatic N) is 1. The van der Waals surface area contributed by atoms with Crippen LogP contribution >= 0.6 is 0 Å². The number of hydrogen-bond donors (Lipinski definition) is 1. The van der Waals surface area contributed by atoms with Crippen LogP contribution in [0.3, 0.4) is 0 Å². The van der Waals surface area contributed by atoms with Gasteiger partial charge in [-0.25, -0.2) is 4.79 Å². The van der Waals surface area contributed by atoms with Crippen LogP contribution in [-0.4, -0.2) is 42.8 Å². The number of ether oxygens (including phenoxy) is 2. The van der Waals surface area contributed by atoms with Gasteiger partial charge >= 0.3 is 6.09 Å². The lowest BCUT2D eigenvalue weighted by Crippen LogP contribution is -2.50. The molecular weight excluding hydrogens is 280 g/mol. The van der Waals surface area contributed by atoms with Gasteiger partial charge in [-0.05, 0) is 45.4 Å². The first-order valence-electron chi connectivity index (χ1n) is 7.84. The molecule has 1 N–H and O–H groups in total. The van der Waals surface area contributed by atoms with Gasteiger partial charge in [0.25, 0.3) is 0 Å². The van der Waals surface area contributed by atoms with E-state index in [9.17, 15) is 4.79 Å². The van der Waals surface area contributed by atoms with E-state index in [-0.39, 0.29) is 12.1 Å². The highest BCUT2D eigenvalue weighted by Gasteiger charge is 2.31. The van der Waals surface area contributed by atoms with Gasteiger partial charge in [0, 0.05) is 19.6 Å². The Bertz CT molecular complexity index is 494. The average molecular weight is 306 g/mol. The van der Waals surface area contributed by atoms with E-state index in [0.717, 1.165) is 24.4 Å². The van der Waals surface area contributed by atoms with Crippen molar-refractivity contribution in [2.75, 3.05) is 26.2 Å². The molecule has 0 aliphatic carbocycles. The molecule has 0 bridgehead atoms. The summed E-state index contributed by atoms with van der Waals surface area (Å²) in [7, 11) is 0. The lowest BCUT2D eigenvalue weighted by atomic mass is 10.0. The summed E-state index contributed by atoms with van der Waals surface area (Å²) in [6.07, 6.45) is -0.257. The highest BCUT2D eigenvalue weighted by molar-refractivity contribution is 5.69. The number of carbonyl (C=O) groups excluding carboxylic acids is 1. The van der Waals surface area contributed by atoms with Gasteiger partial charge in [0.2, 0.25) is 0 Å². The molecule has 1 atom stereocenters. The smallest absolute Gasteiger partial charge is 0.410 e. The summed E-state index contributed by atoms with van der Waals surface area (Å²) in [6.45, 7) is 10.4. The van der Waals surface area contributed by atoms with Gasteiger partial charge in [-0.2, -0.15) is 0 Å². The number of piperazine rings is 1. The third-order valence-electron chi connectivity index (χ3n) is 3.45. The summed E-state index contributed by atoms with van der Waals surface area (Å²) in [5, 5.41) is 3.34. The third-order valence-corrected chi connectivity index (χ3v) is 3.45. The maximum atomic E-state index is 12.4. The van der Waals surface area contributed by atoms with Gasteiger partial charge in [-0.15, -0.1) is 0 Å². The maximum absolute atomic E-state index is 12.4. The second kappa shape index (κ2) is 7.01. The summed E-state index contributed by atoms with van der Waals surface area (Å²) in [6, 6.07) is 7.90. The van der Waals surface area contributed by atoms with Gasteiger partial charge in [0.15, 0.2) is 0 Å². The van der Waals surface area contributed by atoms with Crippen LogP contribution in [0.4, 0.5) is 4.79 Å². The van der Waals surface area contributed by atoms with Crippen molar-refractivity contribution in [2.45, 2.75) is 39.3 Å². The van der Waals surface area contributed by atoms with E-state index >= 15 is 0 Å². The molecule has 0 spiro atoms. The molecule has 0 saturated carbocycles. The number of rotatable bonds is 3. The molecule has 5 nitrogen and oxygen atoms in total. The van der Waals surface area contributed by atoms with Crippen molar-refractivity contribution >= 4 is 6.09 Å². The molecule has 22 heavy (non-hydrogen) atoms. The van der Waals surface area contributed by atoms with Crippen LogP contribution in [0.2, 0.25) is 0 Å².